The van der Waals surface area contributed by atoms with Gasteiger partial charge < -0.3 is 19.2 Å². The zero-order chi connectivity index (χ0) is 23.3. The summed E-state index contributed by atoms with van der Waals surface area (Å²) < 4.78 is 11.7. The van der Waals surface area contributed by atoms with Gasteiger partial charge in [-0.25, -0.2) is 0 Å². The molecule has 6 nitrogen and oxygen atoms in total. The van der Waals surface area contributed by atoms with Crippen LogP contribution in [0.4, 0.5) is 0 Å². The molecule has 5 rings (SSSR count). The van der Waals surface area contributed by atoms with E-state index in [9.17, 15) is 14.7 Å². The normalized spacial score (nSPS) is 15.2. The van der Waals surface area contributed by atoms with Gasteiger partial charge in [-0.1, -0.05) is 42.0 Å². The number of halogens is 1. The van der Waals surface area contributed by atoms with Crippen molar-refractivity contribution in [1.29, 1.82) is 0 Å². The number of hydrogen-bond donors (Lipinski definition) is 1. The number of aromatic hydroxyl groups is 1. The summed E-state index contributed by atoms with van der Waals surface area (Å²) in [5.74, 6) is -0.136. The van der Waals surface area contributed by atoms with Gasteiger partial charge in [0.05, 0.1) is 28.6 Å². The second kappa shape index (κ2) is 8.08. The number of nitrogens with zero attached hydrogens (tertiary/aromatic N) is 1. The van der Waals surface area contributed by atoms with Crippen LogP contribution in [0.1, 0.15) is 38.9 Å². The van der Waals surface area contributed by atoms with Gasteiger partial charge in [0.2, 0.25) is 5.76 Å². The molecule has 7 heteroatoms. The van der Waals surface area contributed by atoms with Gasteiger partial charge in [-0.15, -0.1) is 0 Å². The summed E-state index contributed by atoms with van der Waals surface area (Å²) in [6.07, 6.45) is 0. The van der Waals surface area contributed by atoms with E-state index in [0.29, 0.717) is 21.0 Å². The molecule has 33 heavy (non-hydrogen) atoms. The number of amides is 1. The highest BCUT2D eigenvalue weighted by Crippen LogP contribution is 2.44. The summed E-state index contributed by atoms with van der Waals surface area (Å²) in [5, 5.41) is 10.7. The van der Waals surface area contributed by atoms with Crippen LogP contribution in [0, 0.1) is 6.92 Å². The lowest BCUT2D eigenvalue weighted by Crippen LogP contribution is -2.29. The number of carbonyl (C=O) groups is 1. The third kappa shape index (κ3) is 3.49. The van der Waals surface area contributed by atoms with Gasteiger partial charge in [0.1, 0.15) is 5.58 Å². The van der Waals surface area contributed by atoms with E-state index in [4.69, 9.17) is 9.15 Å². The summed E-state index contributed by atoms with van der Waals surface area (Å²) in [4.78, 5) is 28.7. The van der Waals surface area contributed by atoms with Gasteiger partial charge in [0.25, 0.3) is 5.91 Å². The molecule has 1 aliphatic rings. The number of ether oxygens (including phenoxy) is 1. The minimum Gasteiger partial charge on any atom is -0.503 e. The van der Waals surface area contributed by atoms with E-state index in [2.05, 4.69) is 15.9 Å². The highest BCUT2D eigenvalue weighted by atomic mass is 79.9. The van der Waals surface area contributed by atoms with Crippen LogP contribution in [0.25, 0.3) is 11.0 Å². The molecule has 0 bridgehead atoms. The van der Waals surface area contributed by atoms with E-state index < -0.39 is 6.04 Å². The molecule has 4 aromatic rings. The van der Waals surface area contributed by atoms with Crippen LogP contribution in [0.2, 0.25) is 0 Å². The first kappa shape index (κ1) is 21.3. The maximum Gasteiger partial charge on any atom is 0.291 e. The molecule has 1 aliphatic heterocycles. The molecule has 0 unspecified atom stereocenters. The molecule has 2 heterocycles. The summed E-state index contributed by atoms with van der Waals surface area (Å²) in [6.45, 7) is 2.28. The zero-order valence-electron chi connectivity index (χ0n) is 18.0. The van der Waals surface area contributed by atoms with Crippen LogP contribution in [-0.4, -0.2) is 23.0 Å². The zero-order valence-corrected chi connectivity index (χ0v) is 19.5. The molecule has 166 valence electrons. The Kier molecular flexibility index (Phi) is 5.21. The number of aryl methyl sites for hydroxylation is 1. The molecule has 1 amide bonds. The van der Waals surface area contributed by atoms with Crippen LogP contribution in [0.15, 0.2) is 74.3 Å². The molecule has 0 spiro atoms. The van der Waals surface area contributed by atoms with E-state index >= 15 is 0 Å². The number of hydrogen-bond acceptors (Lipinski definition) is 5. The van der Waals surface area contributed by atoms with Gasteiger partial charge in [0.15, 0.2) is 16.9 Å². The molecule has 0 saturated carbocycles. The Bertz CT molecular complexity index is 1460. The summed E-state index contributed by atoms with van der Waals surface area (Å²) in [6, 6.07) is 17.4. The molecular weight excluding hydrogens is 486 g/mol. The fourth-order valence-corrected chi connectivity index (χ4v) is 4.73. The number of carbonyl (C=O) groups excluding carboxylic acids is 1. The molecule has 1 aromatic heterocycles. The van der Waals surface area contributed by atoms with Crippen LogP contribution in [-0.2, 0) is 6.54 Å². The van der Waals surface area contributed by atoms with E-state index in [-0.39, 0.29) is 40.7 Å². The Labute approximate surface area is 198 Å². The molecular formula is C26H20BrNO5. The SMILES string of the molecule is COc1cc([C@@H]2c3c(oc4ccccc4c3=O)C(=O)N2Cc2ccc(C)cc2)cc(Br)c1O. The Morgan fingerprint density at radius 1 is 1.09 bits per heavy atom. The fraction of sp³-hybridized carbons (Fsp3) is 0.154. The van der Waals surface area contributed by atoms with Crippen molar-refractivity contribution < 1.29 is 19.1 Å². The largest absolute Gasteiger partial charge is 0.503 e. The topological polar surface area (TPSA) is 80.0 Å². The summed E-state index contributed by atoms with van der Waals surface area (Å²) in [7, 11) is 1.45. The Morgan fingerprint density at radius 2 is 1.82 bits per heavy atom. The quantitative estimate of drug-likeness (QED) is 0.405. The number of benzene rings is 3. The van der Waals surface area contributed by atoms with Crippen molar-refractivity contribution in [2.45, 2.75) is 19.5 Å². The third-order valence-electron chi connectivity index (χ3n) is 5.93. The summed E-state index contributed by atoms with van der Waals surface area (Å²) in [5.41, 5.74) is 3.06. The highest BCUT2D eigenvalue weighted by molar-refractivity contribution is 9.10. The molecule has 1 atom stereocenters. The number of phenolic OH excluding ortho intramolecular Hbond substituents is 1. The van der Waals surface area contributed by atoms with Gasteiger partial charge in [-0.2, -0.15) is 0 Å². The van der Waals surface area contributed by atoms with Gasteiger partial charge in [0, 0.05) is 6.54 Å². The maximum atomic E-state index is 13.6. The first-order valence-electron chi connectivity index (χ1n) is 10.4. The predicted molar refractivity (Wildman–Crippen MR) is 128 cm³/mol. The Balaban J connectivity index is 1.75. The number of para-hydroxylation sites is 1. The van der Waals surface area contributed by atoms with Crippen molar-refractivity contribution in [3.05, 3.63) is 103 Å². The van der Waals surface area contributed by atoms with Gasteiger partial charge in [-0.05, 0) is 58.2 Å². The van der Waals surface area contributed by atoms with Crippen LogP contribution < -0.4 is 10.2 Å². The van der Waals surface area contributed by atoms with Crippen molar-refractivity contribution in [2.24, 2.45) is 0 Å². The maximum absolute atomic E-state index is 13.6. The minimum absolute atomic E-state index is 0.0407. The van der Waals surface area contributed by atoms with Gasteiger partial charge in [-0.3, -0.25) is 9.59 Å². The summed E-state index contributed by atoms with van der Waals surface area (Å²) >= 11 is 3.36. The first-order valence-corrected chi connectivity index (χ1v) is 11.2. The first-order chi connectivity index (χ1) is 15.9. The van der Waals surface area contributed by atoms with Crippen molar-refractivity contribution in [3.63, 3.8) is 0 Å². The molecule has 3 aromatic carbocycles. The minimum atomic E-state index is -0.708. The fourth-order valence-electron chi connectivity index (χ4n) is 4.27. The monoisotopic (exact) mass is 505 g/mol. The highest BCUT2D eigenvalue weighted by Gasteiger charge is 2.43. The number of phenols is 1. The average Bonchev–Trinajstić information content (AvgIpc) is 3.09. The average molecular weight is 506 g/mol. The lowest BCUT2D eigenvalue weighted by molar-refractivity contribution is 0.0714. The van der Waals surface area contributed by atoms with E-state index in [1.165, 1.54) is 7.11 Å². The molecule has 0 aliphatic carbocycles. The van der Waals surface area contributed by atoms with E-state index in [0.717, 1.165) is 11.1 Å². The van der Waals surface area contributed by atoms with Crippen LogP contribution >= 0.6 is 15.9 Å². The molecule has 0 fully saturated rings. The van der Waals surface area contributed by atoms with Gasteiger partial charge >= 0.3 is 0 Å². The van der Waals surface area contributed by atoms with Crippen molar-refractivity contribution in [2.75, 3.05) is 7.11 Å². The van der Waals surface area contributed by atoms with Crippen molar-refractivity contribution in [1.82, 2.24) is 4.90 Å². The lowest BCUT2D eigenvalue weighted by atomic mass is 9.97. The number of rotatable bonds is 4. The van der Waals surface area contributed by atoms with E-state index in [1.807, 2.05) is 31.2 Å². The second-order valence-corrected chi connectivity index (χ2v) is 8.90. The Hall–Kier alpha value is -3.58. The van der Waals surface area contributed by atoms with Crippen molar-refractivity contribution >= 4 is 32.8 Å². The third-order valence-corrected chi connectivity index (χ3v) is 6.54. The van der Waals surface area contributed by atoms with E-state index in [1.54, 1.807) is 41.3 Å². The van der Waals surface area contributed by atoms with Crippen molar-refractivity contribution in [3.8, 4) is 11.5 Å². The predicted octanol–water partition coefficient (Wildman–Crippen LogP) is 5.32. The standard InChI is InChI=1S/C26H20BrNO5/c1-14-7-9-15(10-8-14)13-28-22(16-11-18(27)24(30)20(12-16)32-2)21-23(29)17-5-3-4-6-19(17)33-25(21)26(28)31/h3-12,22,30H,13H2,1-2H3/t22-/m1/s1. The second-order valence-electron chi connectivity index (χ2n) is 8.04. The van der Waals surface area contributed by atoms with Crippen LogP contribution in [0.3, 0.4) is 0 Å². The lowest BCUT2D eigenvalue weighted by Gasteiger charge is -2.26. The Morgan fingerprint density at radius 3 is 2.55 bits per heavy atom. The molecule has 0 radical (unpaired) electrons. The van der Waals surface area contributed by atoms with Crippen LogP contribution in [0.5, 0.6) is 11.5 Å². The molecule has 0 saturated heterocycles. The number of fused-ring (bicyclic) bond motifs is 2. The molecule has 1 N–H and O–H groups in total. The smallest absolute Gasteiger partial charge is 0.291 e. The number of methoxy groups -OCH3 is 1.